The fourth-order valence-corrected chi connectivity index (χ4v) is 5.09. The molecule has 6 heteroatoms. The first-order valence-corrected chi connectivity index (χ1v) is 13.1. The molecule has 1 aliphatic rings. The van der Waals surface area contributed by atoms with Crippen molar-refractivity contribution in [1.82, 2.24) is 4.98 Å². The van der Waals surface area contributed by atoms with E-state index < -0.39 is 6.04 Å². The molecule has 1 aliphatic heterocycles. The van der Waals surface area contributed by atoms with Gasteiger partial charge in [-0.05, 0) is 60.7 Å². The van der Waals surface area contributed by atoms with Gasteiger partial charge >= 0.3 is 0 Å². The van der Waals surface area contributed by atoms with E-state index in [1.807, 2.05) is 56.3 Å². The lowest BCUT2D eigenvalue weighted by molar-refractivity contribution is 0.0910. The van der Waals surface area contributed by atoms with Gasteiger partial charge in [0.05, 0.1) is 0 Å². The molecule has 4 aromatic rings. The maximum atomic E-state index is 13.9. The number of Topliss-reactive ketones (excluding diaryl/α,β-unsaturated/α-hetero) is 2. The van der Waals surface area contributed by atoms with Crippen LogP contribution in [0.1, 0.15) is 62.4 Å². The lowest BCUT2D eigenvalue weighted by Gasteiger charge is -2.23. The van der Waals surface area contributed by atoms with Crippen molar-refractivity contribution < 1.29 is 18.7 Å². The Kier molecular flexibility index (Phi) is 7.73. The van der Waals surface area contributed by atoms with Crippen LogP contribution < -0.4 is 4.74 Å². The van der Waals surface area contributed by atoms with E-state index >= 15 is 0 Å². The molecule has 0 saturated heterocycles. The first-order chi connectivity index (χ1) is 19.0. The summed E-state index contributed by atoms with van der Waals surface area (Å²) in [5.41, 5.74) is 5.13. The Morgan fingerprint density at radius 3 is 2.44 bits per heavy atom. The Morgan fingerprint density at radius 2 is 1.72 bits per heavy atom. The predicted octanol–water partition coefficient (Wildman–Crippen LogP) is 6.58. The van der Waals surface area contributed by atoms with Crippen LogP contribution >= 0.6 is 0 Å². The Bertz CT molecular complexity index is 1530. The summed E-state index contributed by atoms with van der Waals surface area (Å²) < 4.78 is 19.9. The van der Waals surface area contributed by atoms with Crippen LogP contribution in [-0.4, -0.2) is 34.9 Å². The number of ketones is 2. The van der Waals surface area contributed by atoms with Crippen molar-refractivity contribution >= 4 is 17.3 Å². The van der Waals surface area contributed by atoms with Gasteiger partial charge in [0.15, 0.2) is 12.4 Å². The molecule has 0 bridgehead atoms. The van der Waals surface area contributed by atoms with Crippen LogP contribution in [0.5, 0.6) is 5.75 Å². The number of aromatic nitrogens is 1. The second-order valence-electron chi connectivity index (χ2n) is 9.63. The predicted molar refractivity (Wildman–Crippen MR) is 149 cm³/mol. The smallest absolute Gasteiger partial charge is 0.218 e. The molecule has 0 radical (unpaired) electrons. The largest absolute Gasteiger partial charge is 0.485 e. The van der Waals surface area contributed by atoms with E-state index in [9.17, 15) is 14.0 Å². The number of aryl methyl sites for hydroxylation is 2. The standard InChI is InChI=1S/C33H29FN2O3/c1-3-22-10-8-12-26(33(22)39-20-30(37)28-13-6-7-18-35-28)27-19-29(23-14-16-24(34)17-15-23)36-31(27)32(38)25-11-5-4-9-21(25)2/h4-18,27,31H,3,19-20H2,1-2H3. The molecule has 0 amide bonds. The van der Waals surface area contributed by atoms with Gasteiger partial charge < -0.3 is 4.74 Å². The summed E-state index contributed by atoms with van der Waals surface area (Å²) in [5, 5.41) is 0. The molecule has 3 aromatic carbocycles. The Labute approximate surface area is 227 Å². The monoisotopic (exact) mass is 520 g/mol. The van der Waals surface area contributed by atoms with Crippen molar-refractivity contribution in [1.29, 1.82) is 0 Å². The first-order valence-electron chi connectivity index (χ1n) is 13.1. The first kappa shape index (κ1) is 26.2. The molecule has 2 atom stereocenters. The quantitative estimate of drug-likeness (QED) is 0.234. The van der Waals surface area contributed by atoms with Crippen LogP contribution in [0, 0.1) is 12.7 Å². The van der Waals surface area contributed by atoms with E-state index in [1.165, 1.54) is 12.1 Å². The van der Waals surface area contributed by atoms with Gasteiger partial charge in [0.25, 0.3) is 0 Å². The molecule has 0 saturated carbocycles. The van der Waals surface area contributed by atoms with Gasteiger partial charge in [-0.2, -0.15) is 0 Å². The zero-order valence-electron chi connectivity index (χ0n) is 21.9. The zero-order chi connectivity index (χ0) is 27.4. The number of halogens is 1. The number of nitrogens with zero attached hydrogens (tertiary/aromatic N) is 2. The van der Waals surface area contributed by atoms with E-state index in [0.717, 1.165) is 28.0 Å². The van der Waals surface area contributed by atoms with Crippen molar-refractivity contribution in [3.8, 4) is 5.75 Å². The van der Waals surface area contributed by atoms with Crippen LogP contribution in [0.2, 0.25) is 0 Å². The highest BCUT2D eigenvalue weighted by Crippen LogP contribution is 2.41. The van der Waals surface area contributed by atoms with Crippen molar-refractivity contribution in [3.05, 3.63) is 130 Å². The topological polar surface area (TPSA) is 68.6 Å². The minimum atomic E-state index is -0.688. The van der Waals surface area contributed by atoms with Gasteiger partial charge in [0.1, 0.15) is 23.3 Å². The number of ether oxygens (including phenoxy) is 1. The van der Waals surface area contributed by atoms with Crippen LogP contribution in [0.4, 0.5) is 4.39 Å². The lowest BCUT2D eigenvalue weighted by Crippen LogP contribution is -2.25. The molecule has 5 rings (SSSR count). The minimum absolute atomic E-state index is 0.0763. The minimum Gasteiger partial charge on any atom is -0.485 e. The number of carbonyl (C=O) groups is 2. The van der Waals surface area contributed by atoms with E-state index in [0.29, 0.717) is 29.8 Å². The molecule has 39 heavy (non-hydrogen) atoms. The second kappa shape index (κ2) is 11.5. The fraction of sp³-hybridized carbons (Fsp3) is 0.212. The summed E-state index contributed by atoms with van der Waals surface area (Å²) in [6, 6.07) is 24.0. The molecule has 1 aromatic heterocycles. The SMILES string of the molecule is CCc1cccc(C2CC(c3ccc(F)cc3)=NC2C(=O)c2ccccc2C)c1OCC(=O)c1ccccn1. The third-order valence-electron chi connectivity index (χ3n) is 7.15. The maximum absolute atomic E-state index is 13.9. The summed E-state index contributed by atoms with van der Waals surface area (Å²) in [4.78, 5) is 35.8. The molecule has 0 fully saturated rings. The Morgan fingerprint density at radius 1 is 0.949 bits per heavy atom. The molecule has 0 N–H and O–H groups in total. The second-order valence-corrected chi connectivity index (χ2v) is 9.63. The summed E-state index contributed by atoms with van der Waals surface area (Å²) in [7, 11) is 0. The van der Waals surface area contributed by atoms with Gasteiger partial charge in [0, 0.05) is 29.0 Å². The third-order valence-corrected chi connectivity index (χ3v) is 7.15. The molecular weight excluding hydrogens is 491 g/mol. The molecule has 2 heterocycles. The number of para-hydroxylation sites is 1. The molecule has 5 nitrogen and oxygen atoms in total. The Balaban J connectivity index is 1.53. The van der Waals surface area contributed by atoms with Gasteiger partial charge in [-0.25, -0.2) is 4.39 Å². The molecule has 2 unspecified atom stereocenters. The highest BCUT2D eigenvalue weighted by atomic mass is 19.1. The average Bonchev–Trinajstić information content (AvgIpc) is 3.41. The summed E-state index contributed by atoms with van der Waals surface area (Å²) >= 11 is 0. The number of benzene rings is 3. The third kappa shape index (κ3) is 5.55. The van der Waals surface area contributed by atoms with Crippen molar-refractivity contribution in [3.63, 3.8) is 0 Å². The maximum Gasteiger partial charge on any atom is 0.218 e. The zero-order valence-corrected chi connectivity index (χ0v) is 21.9. The van der Waals surface area contributed by atoms with Crippen molar-refractivity contribution in [2.45, 2.75) is 38.6 Å². The van der Waals surface area contributed by atoms with Crippen molar-refractivity contribution in [2.75, 3.05) is 6.61 Å². The number of hydrogen-bond donors (Lipinski definition) is 0. The van der Waals surface area contributed by atoms with E-state index in [4.69, 9.17) is 9.73 Å². The fourth-order valence-electron chi connectivity index (χ4n) is 5.09. The normalized spacial score (nSPS) is 16.5. The summed E-state index contributed by atoms with van der Waals surface area (Å²) in [6.07, 6.45) is 2.74. The lowest BCUT2D eigenvalue weighted by atomic mass is 9.83. The van der Waals surface area contributed by atoms with E-state index in [2.05, 4.69) is 4.98 Å². The molecule has 0 spiro atoms. The summed E-state index contributed by atoms with van der Waals surface area (Å²) in [5.74, 6) is -0.344. The number of aliphatic imine (C=N–C) groups is 1. The highest BCUT2D eigenvalue weighted by Gasteiger charge is 2.38. The van der Waals surface area contributed by atoms with E-state index in [1.54, 1.807) is 36.5 Å². The van der Waals surface area contributed by atoms with Gasteiger partial charge in [0.2, 0.25) is 5.78 Å². The van der Waals surface area contributed by atoms with Gasteiger partial charge in [-0.15, -0.1) is 0 Å². The van der Waals surface area contributed by atoms with Crippen LogP contribution in [0.15, 0.2) is 96.1 Å². The molecular formula is C33H29FN2O3. The number of pyridine rings is 1. The Hall–Kier alpha value is -4.45. The van der Waals surface area contributed by atoms with Crippen molar-refractivity contribution in [2.24, 2.45) is 4.99 Å². The highest BCUT2D eigenvalue weighted by molar-refractivity contribution is 6.09. The summed E-state index contributed by atoms with van der Waals surface area (Å²) in [6.45, 7) is 3.77. The number of hydrogen-bond acceptors (Lipinski definition) is 5. The number of rotatable bonds is 9. The van der Waals surface area contributed by atoms with Gasteiger partial charge in [-0.1, -0.05) is 67.6 Å². The van der Waals surface area contributed by atoms with E-state index in [-0.39, 0.29) is 29.9 Å². The average molecular weight is 521 g/mol. The number of carbonyl (C=O) groups excluding carboxylic acids is 2. The van der Waals surface area contributed by atoms with Crippen LogP contribution in [0.3, 0.4) is 0 Å². The van der Waals surface area contributed by atoms with Crippen LogP contribution in [-0.2, 0) is 6.42 Å². The molecule has 196 valence electrons. The molecule has 0 aliphatic carbocycles. The van der Waals surface area contributed by atoms with Crippen LogP contribution in [0.25, 0.3) is 0 Å². The van der Waals surface area contributed by atoms with Gasteiger partial charge in [-0.3, -0.25) is 19.6 Å².